The third-order valence-electron chi connectivity index (χ3n) is 5.84. The van der Waals surface area contributed by atoms with Gasteiger partial charge in [-0.3, -0.25) is 9.36 Å². The molecule has 2 heterocycles. The molecule has 0 aliphatic carbocycles. The lowest BCUT2D eigenvalue weighted by molar-refractivity contribution is -0.139. The monoisotopic (exact) mass is 534 g/mol. The van der Waals surface area contributed by atoms with E-state index in [-0.39, 0.29) is 12.2 Å². The molecule has 8 nitrogen and oxygen atoms in total. The van der Waals surface area contributed by atoms with Crippen LogP contribution in [0.15, 0.2) is 76.2 Å². The summed E-state index contributed by atoms with van der Waals surface area (Å²) < 4.78 is 24.2. The fraction of sp³-hybridized carbons (Fsp3) is 0.276. The second-order valence-electron chi connectivity index (χ2n) is 8.32. The standard InChI is InChI=1S/C29H30N2O6S/c1-6-14-37-21-11-9-10-19(15-21)16-24-27(32)31-26(20-12-13-22(34-5)23(17-20)35-7-2)25(28(33)36-8-3)18(4)30-29(31)38-24/h6,9-13,15-17,26H,1,7-8,14H2,2-5H3/b24-16-/t26-/m0/s1. The van der Waals surface area contributed by atoms with Gasteiger partial charge >= 0.3 is 5.97 Å². The van der Waals surface area contributed by atoms with E-state index in [0.29, 0.717) is 56.6 Å². The molecule has 0 saturated heterocycles. The van der Waals surface area contributed by atoms with Crippen LogP contribution < -0.4 is 29.1 Å². The minimum atomic E-state index is -0.750. The average Bonchev–Trinajstić information content (AvgIpc) is 3.21. The van der Waals surface area contributed by atoms with Gasteiger partial charge < -0.3 is 18.9 Å². The molecule has 38 heavy (non-hydrogen) atoms. The molecule has 1 aliphatic heterocycles. The van der Waals surface area contributed by atoms with E-state index in [2.05, 4.69) is 11.6 Å². The molecule has 2 aromatic carbocycles. The number of thiazole rings is 1. The van der Waals surface area contributed by atoms with Crippen LogP contribution in [0.4, 0.5) is 0 Å². The van der Waals surface area contributed by atoms with Gasteiger partial charge in [0.1, 0.15) is 12.4 Å². The van der Waals surface area contributed by atoms with Crippen LogP contribution in [0.5, 0.6) is 17.2 Å². The summed E-state index contributed by atoms with van der Waals surface area (Å²) in [7, 11) is 1.56. The zero-order valence-corrected chi connectivity index (χ0v) is 22.7. The van der Waals surface area contributed by atoms with Crippen molar-refractivity contribution in [3.63, 3.8) is 0 Å². The number of aromatic nitrogens is 1. The van der Waals surface area contributed by atoms with Crippen LogP contribution in [-0.2, 0) is 9.53 Å². The molecule has 3 aromatic rings. The van der Waals surface area contributed by atoms with Crippen LogP contribution in [0, 0.1) is 0 Å². The topological polar surface area (TPSA) is 88.3 Å². The first-order valence-corrected chi connectivity index (χ1v) is 13.1. The number of ether oxygens (including phenoxy) is 4. The van der Waals surface area contributed by atoms with Gasteiger partial charge in [-0.25, -0.2) is 9.79 Å². The Morgan fingerprint density at radius 3 is 2.66 bits per heavy atom. The highest BCUT2D eigenvalue weighted by atomic mass is 32.1. The van der Waals surface area contributed by atoms with E-state index in [1.807, 2.05) is 37.3 Å². The number of carbonyl (C=O) groups excluding carboxylic acids is 1. The molecule has 4 rings (SSSR count). The normalized spacial score (nSPS) is 14.9. The van der Waals surface area contributed by atoms with E-state index in [0.717, 1.165) is 5.56 Å². The molecule has 0 unspecified atom stereocenters. The number of benzene rings is 2. The largest absolute Gasteiger partial charge is 0.493 e. The van der Waals surface area contributed by atoms with Crippen LogP contribution in [0.25, 0.3) is 6.08 Å². The van der Waals surface area contributed by atoms with Gasteiger partial charge in [0.2, 0.25) is 0 Å². The molecule has 9 heteroatoms. The van der Waals surface area contributed by atoms with Crippen LogP contribution in [0.2, 0.25) is 0 Å². The number of hydrogen-bond acceptors (Lipinski definition) is 8. The number of nitrogens with zero attached hydrogens (tertiary/aromatic N) is 2. The Hall–Kier alpha value is -4.11. The van der Waals surface area contributed by atoms with Crippen LogP contribution in [-0.4, -0.2) is 37.5 Å². The Kier molecular flexibility index (Phi) is 8.48. The highest BCUT2D eigenvalue weighted by molar-refractivity contribution is 7.07. The van der Waals surface area contributed by atoms with Crippen LogP contribution in [0.3, 0.4) is 0 Å². The lowest BCUT2D eigenvalue weighted by Gasteiger charge is -2.25. The SMILES string of the molecule is C=CCOc1cccc(/C=c2\sc3n(c2=O)[C@@H](c2ccc(OC)c(OCC)c2)C(C(=O)OCC)=C(C)N=3)c1. The number of fused-ring (bicyclic) bond motifs is 1. The Morgan fingerprint density at radius 2 is 1.95 bits per heavy atom. The molecule has 0 radical (unpaired) electrons. The molecule has 0 N–H and O–H groups in total. The van der Waals surface area contributed by atoms with Crippen molar-refractivity contribution in [2.24, 2.45) is 4.99 Å². The van der Waals surface area contributed by atoms with Gasteiger partial charge in [-0.1, -0.05) is 42.2 Å². The third kappa shape index (κ3) is 5.43. The fourth-order valence-corrected chi connectivity index (χ4v) is 5.29. The summed E-state index contributed by atoms with van der Waals surface area (Å²) in [5.74, 6) is 1.23. The maximum absolute atomic E-state index is 13.8. The molecule has 0 amide bonds. The summed E-state index contributed by atoms with van der Waals surface area (Å²) in [6.07, 6.45) is 3.47. The van der Waals surface area contributed by atoms with E-state index in [1.165, 1.54) is 11.3 Å². The fourth-order valence-electron chi connectivity index (χ4n) is 4.24. The van der Waals surface area contributed by atoms with E-state index in [1.54, 1.807) is 49.8 Å². The quantitative estimate of drug-likeness (QED) is 0.291. The molecular weight excluding hydrogens is 504 g/mol. The van der Waals surface area contributed by atoms with Crippen molar-refractivity contribution in [2.75, 3.05) is 26.9 Å². The highest BCUT2D eigenvalue weighted by Crippen LogP contribution is 2.36. The summed E-state index contributed by atoms with van der Waals surface area (Å²) in [5, 5.41) is 0. The Morgan fingerprint density at radius 1 is 1.13 bits per heavy atom. The Labute approximate surface area is 224 Å². The summed E-state index contributed by atoms with van der Waals surface area (Å²) in [6, 6.07) is 12.1. The molecule has 1 atom stereocenters. The summed E-state index contributed by atoms with van der Waals surface area (Å²) in [6.45, 7) is 10.1. The average molecular weight is 535 g/mol. The van der Waals surface area contributed by atoms with Gasteiger partial charge in [0.25, 0.3) is 5.56 Å². The zero-order valence-electron chi connectivity index (χ0n) is 21.9. The predicted molar refractivity (Wildman–Crippen MR) is 147 cm³/mol. The number of carbonyl (C=O) groups is 1. The van der Waals surface area contributed by atoms with Crippen molar-refractivity contribution < 1.29 is 23.7 Å². The first kappa shape index (κ1) is 26.9. The minimum Gasteiger partial charge on any atom is -0.493 e. The maximum Gasteiger partial charge on any atom is 0.338 e. The van der Waals surface area contributed by atoms with Gasteiger partial charge in [0, 0.05) is 0 Å². The van der Waals surface area contributed by atoms with E-state index < -0.39 is 12.0 Å². The van der Waals surface area contributed by atoms with Crippen molar-refractivity contribution in [2.45, 2.75) is 26.8 Å². The van der Waals surface area contributed by atoms with Gasteiger partial charge in [-0.05, 0) is 62.2 Å². The predicted octanol–water partition coefficient (Wildman–Crippen LogP) is 3.77. The number of allylic oxidation sites excluding steroid dienone is 1. The lowest BCUT2D eigenvalue weighted by Crippen LogP contribution is -2.40. The Bertz CT molecular complexity index is 1570. The van der Waals surface area contributed by atoms with E-state index in [9.17, 15) is 9.59 Å². The van der Waals surface area contributed by atoms with Crippen LogP contribution >= 0.6 is 11.3 Å². The van der Waals surface area contributed by atoms with Crippen molar-refractivity contribution in [3.8, 4) is 17.2 Å². The first-order chi connectivity index (χ1) is 18.4. The maximum atomic E-state index is 13.8. The van der Waals surface area contributed by atoms with E-state index in [4.69, 9.17) is 18.9 Å². The van der Waals surface area contributed by atoms with Crippen molar-refractivity contribution in [1.29, 1.82) is 0 Å². The number of methoxy groups -OCH3 is 1. The zero-order chi connectivity index (χ0) is 27.2. The Balaban J connectivity index is 1.91. The summed E-state index contributed by atoms with van der Waals surface area (Å²) in [5.41, 5.74) is 2.02. The third-order valence-corrected chi connectivity index (χ3v) is 6.83. The molecule has 1 aliphatic rings. The minimum absolute atomic E-state index is 0.198. The number of esters is 1. The molecule has 0 saturated carbocycles. The molecule has 0 fully saturated rings. The van der Waals surface area contributed by atoms with Gasteiger partial charge in [0.15, 0.2) is 16.3 Å². The molecule has 0 bridgehead atoms. The first-order valence-electron chi connectivity index (χ1n) is 12.3. The van der Waals surface area contributed by atoms with Gasteiger partial charge in [0.05, 0.1) is 42.2 Å². The van der Waals surface area contributed by atoms with Gasteiger partial charge in [-0.2, -0.15) is 0 Å². The van der Waals surface area contributed by atoms with Crippen molar-refractivity contribution in [1.82, 2.24) is 4.57 Å². The molecule has 0 spiro atoms. The molecule has 198 valence electrons. The number of hydrogen-bond donors (Lipinski definition) is 0. The smallest absolute Gasteiger partial charge is 0.338 e. The molecular formula is C29H30N2O6S. The van der Waals surface area contributed by atoms with Crippen LogP contribution in [0.1, 0.15) is 37.9 Å². The molecule has 1 aromatic heterocycles. The highest BCUT2D eigenvalue weighted by Gasteiger charge is 2.34. The second-order valence-corrected chi connectivity index (χ2v) is 9.33. The summed E-state index contributed by atoms with van der Waals surface area (Å²) >= 11 is 1.26. The van der Waals surface area contributed by atoms with Gasteiger partial charge in [-0.15, -0.1) is 0 Å². The summed E-state index contributed by atoms with van der Waals surface area (Å²) in [4.78, 5) is 32.1. The second kappa shape index (κ2) is 12.0. The number of rotatable bonds is 10. The van der Waals surface area contributed by atoms with Crippen molar-refractivity contribution >= 4 is 23.4 Å². The lowest BCUT2D eigenvalue weighted by atomic mass is 9.95. The van der Waals surface area contributed by atoms with Crippen molar-refractivity contribution in [3.05, 3.63) is 97.2 Å². The van der Waals surface area contributed by atoms with E-state index >= 15 is 0 Å².